The number of methoxy groups -OCH3 is 1. The van der Waals surface area contributed by atoms with Crippen molar-refractivity contribution in [2.24, 2.45) is 0 Å². The lowest BCUT2D eigenvalue weighted by molar-refractivity contribution is -0.146. The summed E-state index contributed by atoms with van der Waals surface area (Å²) in [4.78, 5) is 18.3. The van der Waals surface area contributed by atoms with Crippen molar-refractivity contribution >= 4 is 23.7 Å². The van der Waals surface area contributed by atoms with Crippen molar-refractivity contribution in [1.29, 1.82) is 0 Å². The van der Waals surface area contributed by atoms with Crippen LogP contribution in [0.5, 0.6) is 11.5 Å². The Hall–Kier alpha value is -3.53. The Bertz CT molecular complexity index is 1370. The van der Waals surface area contributed by atoms with Gasteiger partial charge in [0.1, 0.15) is 18.0 Å². The number of benzene rings is 2. The second-order valence-electron chi connectivity index (χ2n) is 9.62. The lowest BCUT2D eigenvalue weighted by Gasteiger charge is -2.30. The lowest BCUT2D eigenvalue weighted by atomic mass is 9.94. The van der Waals surface area contributed by atoms with Gasteiger partial charge in [-0.2, -0.15) is 4.98 Å². The first-order valence-electron chi connectivity index (χ1n) is 13.3. The molecule has 1 aliphatic heterocycles. The molecule has 3 aromatic rings. The molecule has 1 saturated carbocycles. The molecule has 0 saturated heterocycles. The second kappa shape index (κ2) is 12.1. The van der Waals surface area contributed by atoms with Crippen LogP contribution >= 0.6 is 11.8 Å². The molecular formula is C29H33FN4O4S. The fourth-order valence-corrected chi connectivity index (χ4v) is 5.87. The number of esters is 1. The van der Waals surface area contributed by atoms with Gasteiger partial charge in [0, 0.05) is 11.4 Å². The van der Waals surface area contributed by atoms with Gasteiger partial charge in [0.05, 0.1) is 19.3 Å². The van der Waals surface area contributed by atoms with Crippen LogP contribution in [0.1, 0.15) is 63.1 Å². The minimum absolute atomic E-state index is 0.0916. The first kappa shape index (κ1) is 27.1. The minimum Gasteiger partial charge on any atom is -0.493 e. The molecule has 1 fully saturated rings. The zero-order chi connectivity index (χ0) is 27.4. The minimum atomic E-state index is -0.599. The topological polar surface area (TPSA) is 87.5 Å². The first-order valence-corrected chi connectivity index (χ1v) is 14.3. The van der Waals surface area contributed by atoms with E-state index in [4.69, 9.17) is 19.3 Å². The average molecular weight is 553 g/mol. The summed E-state index contributed by atoms with van der Waals surface area (Å²) in [5, 5.41) is 8.47. The Morgan fingerprint density at radius 1 is 1.15 bits per heavy atom. The van der Waals surface area contributed by atoms with E-state index in [2.05, 4.69) is 10.3 Å². The molecule has 0 bridgehead atoms. The van der Waals surface area contributed by atoms with Gasteiger partial charge in [-0.3, -0.25) is 0 Å². The molecule has 2 aliphatic rings. The number of hydrogen-bond donors (Lipinski definition) is 1. The number of fused-ring (bicyclic) bond motifs is 1. The monoisotopic (exact) mass is 552 g/mol. The maximum Gasteiger partial charge on any atom is 0.338 e. The predicted octanol–water partition coefficient (Wildman–Crippen LogP) is 6.28. The van der Waals surface area contributed by atoms with Crippen molar-refractivity contribution in [3.8, 4) is 11.5 Å². The maximum absolute atomic E-state index is 14.2. The Labute approximate surface area is 231 Å². The van der Waals surface area contributed by atoms with Gasteiger partial charge in [-0.05, 0) is 68.9 Å². The van der Waals surface area contributed by atoms with E-state index in [0.717, 1.165) is 31.2 Å². The Balaban J connectivity index is 1.51. The Morgan fingerprint density at radius 2 is 1.95 bits per heavy atom. The largest absolute Gasteiger partial charge is 0.493 e. The van der Waals surface area contributed by atoms with Gasteiger partial charge < -0.3 is 19.5 Å². The van der Waals surface area contributed by atoms with E-state index in [-0.39, 0.29) is 17.9 Å². The van der Waals surface area contributed by atoms with Gasteiger partial charge in [-0.15, -0.1) is 5.10 Å². The highest BCUT2D eigenvalue weighted by atomic mass is 32.2. The van der Waals surface area contributed by atoms with Crippen molar-refractivity contribution < 1.29 is 23.4 Å². The Kier molecular flexibility index (Phi) is 8.40. The molecule has 1 unspecified atom stereocenters. The van der Waals surface area contributed by atoms with E-state index < -0.39 is 6.04 Å². The second-order valence-corrected chi connectivity index (χ2v) is 10.6. The van der Waals surface area contributed by atoms with E-state index in [1.54, 1.807) is 30.0 Å². The van der Waals surface area contributed by atoms with Crippen LogP contribution in [-0.4, -0.2) is 40.6 Å². The highest BCUT2D eigenvalue weighted by Gasteiger charge is 2.37. The summed E-state index contributed by atoms with van der Waals surface area (Å²) in [5.41, 5.74) is 2.48. The summed E-state index contributed by atoms with van der Waals surface area (Å²) < 4.78 is 33.2. The quantitative estimate of drug-likeness (QED) is 0.245. The normalized spacial score (nSPS) is 17.4. The molecule has 8 nitrogen and oxygen atoms in total. The number of ether oxygens (including phenoxy) is 3. The molecule has 10 heteroatoms. The van der Waals surface area contributed by atoms with E-state index in [9.17, 15) is 9.18 Å². The summed E-state index contributed by atoms with van der Waals surface area (Å²) in [5.74, 6) is 1.41. The highest BCUT2D eigenvalue weighted by Crippen LogP contribution is 2.40. The molecule has 1 aliphatic carbocycles. The summed E-state index contributed by atoms with van der Waals surface area (Å²) >= 11 is 1.33. The fraction of sp³-hybridized carbons (Fsp3) is 0.414. The van der Waals surface area contributed by atoms with Gasteiger partial charge in [0.25, 0.3) is 0 Å². The Morgan fingerprint density at radius 3 is 2.69 bits per heavy atom. The number of allylic oxidation sites excluding steroid dienone is 1. The van der Waals surface area contributed by atoms with Crippen molar-refractivity contribution in [1.82, 2.24) is 14.8 Å². The van der Waals surface area contributed by atoms with E-state index >= 15 is 0 Å². The number of rotatable bonds is 9. The summed E-state index contributed by atoms with van der Waals surface area (Å²) in [7, 11) is 1.59. The van der Waals surface area contributed by atoms with Crippen LogP contribution in [0.3, 0.4) is 0 Å². The molecule has 206 valence electrons. The van der Waals surface area contributed by atoms with Gasteiger partial charge in [-0.25, -0.2) is 13.9 Å². The van der Waals surface area contributed by atoms with Crippen molar-refractivity contribution in [3.63, 3.8) is 0 Å². The number of nitrogens with one attached hydrogen (secondary N) is 1. The zero-order valence-electron chi connectivity index (χ0n) is 22.4. The predicted molar refractivity (Wildman–Crippen MR) is 148 cm³/mol. The van der Waals surface area contributed by atoms with Gasteiger partial charge in [0.15, 0.2) is 11.5 Å². The number of halogens is 1. The van der Waals surface area contributed by atoms with E-state index in [0.29, 0.717) is 51.8 Å². The number of hydrogen-bond acceptors (Lipinski definition) is 8. The number of aromatic nitrogens is 3. The molecular weight excluding hydrogens is 519 g/mol. The van der Waals surface area contributed by atoms with E-state index in [1.165, 1.54) is 24.2 Å². The number of anilines is 1. The smallest absolute Gasteiger partial charge is 0.338 e. The van der Waals surface area contributed by atoms with Crippen LogP contribution in [0.25, 0.3) is 0 Å². The summed E-state index contributed by atoms with van der Waals surface area (Å²) in [6.07, 6.45) is 4.94. The van der Waals surface area contributed by atoms with Crippen molar-refractivity contribution in [2.45, 2.75) is 69.0 Å². The third kappa shape index (κ3) is 5.90. The molecule has 1 atom stereocenters. The molecule has 0 amide bonds. The van der Waals surface area contributed by atoms with Crippen LogP contribution in [-0.2, 0) is 15.3 Å². The summed E-state index contributed by atoms with van der Waals surface area (Å²) in [6, 6.07) is 11.7. The standard InChI is InChI=1S/C29H33FN4O4S/c1-4-37-24-16-19(14-15-23(24)36-3)26-25(27(35)38-21-11-6-5-7-12-21)18(2)31-28-32-29(33-34(26)28)39-17-20-10-8-9-13-22(20)30/h8-10,13-16,21,26H,4-7,11-12,17H2,1-3H3,(H,31,32,33). The fourth-order valence-electron chi connectivity index (χ4n) is 5.05. The number of thioether (sulfide) groups is 1. The van der Waals surface area contributed by atoms with Crippen molar-refractivity contribution in [3.05, 3.63) is 70.7 Å². The van der Waals surface area contributed by atoms with Gasteiger partial charge in [-0.1, -0.05) is 42.4 Å². The molecule has 1 aromatic heterocycles. The van der Waals surface area contributed by atoms with Gasteiger partial charge >= 0.3 is 5.97 Å². The molecule has 5 rings (SSSR count). The third-order valence-corrected chi connectivity index (χ3v) is 7.88. The van der Waals surface area contributed by atoms with Gasteiger partial charge in [0.2, 0.25) is 11.1 Å². The summed E-state index contributed by atoms with van der Waals surface area (Å²) in [6.45, 7) is 4.22. The molecule has 2 aromatic carbocycles. The molecule has 2 heterocycles. The number of nitrogens with zero attached hydrogens (tertiary/aromatic N) is 3. The number of carbonyl (C=O) groups is 1. The maximum atomic E-state index is 14.2. The molecule has 0 spiro atoms. The molecule has 0 radical (unpaired) electrons. The van der Waals surface area contributed by atoms with Crippen LogP contribution in [0.2, 0.25) is 0 Å². The third-order valence-electron chi connectivity index (χ3n) is 7.00. The van der Waals surface area contributed by atoms with E-state index in [1.807, 2.05) is 32.0 Å². The van der Waals surface area contributed by atoms with Crippen LogP contribution < -0.4 is 14.8 Å². The number of carbonyl (C=O) groups excluding carboxylic acids is 1. The average Bonchev–Trinajstić information content (AvgIpc) is 3.34. The molecule has 39 heavy (non-hydrogen) atoms. The first-order chi connectivity index (χ1) is 19.0. The van der Waals surface area contributed by atoms with Crippen LogP contribution in [0.15, 0.2) is 58.9 Å². The lowest BCUT2D eigenvalue weighted by Crippen LogP contribution is -2.32. The zero-order valence-corrected chi connectivity index (χ0v) is 23.2. The highest BCUT2D eigenvalue weighted by molar-refractivity contribution is 7.98. The molecule has 1 N–H and O–H groups in total. The SMILES string of the molecule is CCOc1cc(C2C(C(=O)OC3CCCCC3)=C(C)Nc3nc(SCc4ccccc4F)nn32)ccc1OC. The van der Waals surface area contributed by atoms with Crippen LogP contribution in [0, 0.1) is 5.82 Å². The van der Waals surface area contributed by atoms with Crippen LogP contribution in [0.4, 0.5) is 10.3 Å². The van der Waals surface area contributed by atoms with Crippen molar-refractivity contribution in [2.75, 3.05) is 19.0 Å².